The highest BCUT2D eigenvalue weighted by Crippen LogP contribution is 2.26. The smallest absolute Gasteiger partial charge is 0.211 e. The summed E-state index contributed by atoms with van der Waals surface area (Å²) in [7, 11) is -4.59. The van der Waals surface area contributed by atoms with Gasteiger partial charge in [-0.3, -0.25) is 0 Å². The average Bonchev–Trinajstić information content (AvgIpc) is 2.31. The van der Waals surface area contributed by atoms with Crippen LogP contribution in [0, 0.1) is 36.1 Å². The summed E-state index contributed by atoms with van der Waals surface area (Å²) in [4.78, 5) is -1.50. The molecule has 0 radical (unpaired) electrons. The first-order valence-electron chi connectivity index (χ1n) is 5.41. The molecular weight excluding hydrogens is 286 g/mol. The molecule has 1 rings (SSSR count). The molecular formula is C11H13F4NO2S. The van der Waals surface area contributed by atoms with Gasteiger partial charge in [0.15, 0.2) is 28.2 Å². The van der Waals surface area contributed by atoms with Crippen LogP contribution in [0.4, 0.5) is 17.6 Å². The van der Waals surface area contributed by atoms with Crippen LogP contribution in [0.5, 0.6) is 0 Å². The van der Waals surface area contributed by atoms with Gasteiger partial charge in [-0.05, 0) is 12.8 Å². The standard InChI is InChI=1S/C11H13F4NO2S/c1-5(2)4-16-19(17,18)11-8(13)6(3)7(12)9(14)10(11)15/h5,16H,4H2,1-3H3. The molecule has 0 saturated carbocycles. The summed E-state index contributed by atoms with van der Waals surface area (Å²) in [5, 5.41) is 0. The van der Waals surface area contributed by atoms with Gasteiger partial charge in [-0.15, -0.1) is 0 Å². The lowest BCUT2D eigenvalue weighted by molar-refractivity contribution is 0.404. The Bertz CT molecular complexity index is 570. The van der Waals surface area contributed by atoms with Gasteiger partial charge in [-0.1, -0.05) is 13.8 Å². The molecule has 0 fully saturated rings. The van der Waals surface area contributed by atoms with Gasteiger partial charge in [0.2, 0.25) is 10.0 Å². The molecule has 0 spiro atoms. The van der Waals surface area contributed by atoms with Crippen LogP contribution in [-0.2, 0) is 10.0 Å². The van der Waals surface area contributed by atoms with Gasteiger partial charge in [0.05, 0.1) is 0 Å². The van der Waals surface area contributed by atoms with E-state index in [0.717, 1.165) is 6.92 Å². The Morgan fingerprint density at radius 1 is 1.00 bits per heavy atom. The molecule has 0 heterocycles. The highest BCUT2D eigenvalue weighted by molar-refractivity contribution is 7.89. The Morgan fingerprint density at radius 2 is 1.53 bits per heavy atom. The highest BCUT2D eigenvalue weighted by Gasteiger charge is 2.31. The highest BCUT2D eigenvalue weighted by atomic mass is 32.2. The molecule has 0 atom stereocenters. The summed E-state index contributed by atoms with van der Waals surface area (Å²) in [6.07, 6.45) is 0. The zero-order valence-electron chi connectivity index (χ0n) is 10.5. The Balaban J connectivity index is 3.43. The van der Waals surface area contributed by atoms with Crippen LogP contribution in [0.3, 0.4) is 0 Å². The van der Waals surface area contributed by atoms with Gasteiger partial charge < -0.3 is 0 Å². The maximum atomic E-state index is 13.7. The second kappa shape index (κ2) is 5.46. The van der Waals surface area contributed by atoms with Crippen molar-refractivity contribution in [1.29, 1.82) is 0 Å². The van der Waals surface area contributed by atoms with Gasteiger partial charge >= 0.3 is 0 Å². The van der Waals surface area contributed by atoms with E-state index in [1.807, 2.05) is 4.72 Å². The van der Waals surface area contributed by atoms with Gasteiger partial charge in [-0.2, -0.15) is 0 Å². The second-order valence-corrected chi connectivity index (χ2v) is 6.16. The first-order chi connectivity index (χ1) is 8.59. The summed E-state index contributed by atoms with van der Waals surface area (Å²) < 4.78 is 78.7. The maximum Gasteiger partial charge on any atom is 0.246 e. The second-order valence-electron chi connectivity index (χ2n) is 4.46. The van der Waals surface area contributed by atoms with Crippen molar-refractivity contribution in [2.45, 2.75) is 25.7 Å². The first kappa shape index (κ1) is 15.9. The predicted octanol–water partition coefficient (Wildman–Crippen LogP) is 2.49. The van der Waals surface area contributed by atoms with E-state index in [2.05, 4.69) is 0 Å². The molecule has 1 aromatic rings. The minimum atomic E-state index is -4.59. The maximum absolute atomic E-state index is 13.7. The van der Waals surface area contributed by atoms with E-state index < -0.39 is 43.8 Å². The fourth-order valence-corrected chi connectivity index (χ4v) is 2.72. The predicted molar refractivity (Wildman–Crippen MR) is 61.0 cm³/mol. The third kappa shape index (κ3) is 3.06. The Morgan fingerprint density at radius 3 is 2.00 bits per heavy atom. The van der Waals surface area contributed by atoms with Crippen LogP contribution in [0.15, 0.2) is 4.90 Å². The van der Waals surface area contributed by atoms with E-state index in [0.29, 0.717) is 0 Å². The van der Waals surface area contributed by atoms with E-state index in [-0.39, 0.29) is 12.5 Å². The molecule has 1 N–H and O–H groups in total. The lowest BCUT2D eigenvalue weighted by Crippen LogP contribution is -2.30. The van der Waals surface area contributed by atoms with Crippen molar-refractivity contribution in [3.8, 4) is 0 Å². The largest absolute Gasteiger partial charge is 0.246 e. The lowest BCUT2D eigenvalue weighted by atomic mass is 10.2. The number of hydrogen-bond donors (Lipinski definition) is 1. The zero-order valence-corrected chi connectivity index (χ0v) is 11.3. The summed E-state index contributed by atoms with van der Waals surface area (Å²) in [6.45, 7) is 4.09. The summed E-state index contributed by atoms with van der Waals surface area (Å²) in [5.74, 6) is -7.56. The normalized spacial score (nSPS) is 12.2. The van der Waals surface area contributed by atoms with Crippen LogP contribution in [-0.4, -0.2) is 15.0 Å². The molecule has 19 heavy (non-hydrogen) atoms. The van der Waals surface area contributed by atoms with Crippen LogP contribution in [0.2, 0.25) is 0 Å². The van der Waals surface area contributed by atoms with Crippen molar-refractivity contribution < 1.29 is 26.0 Å². The minimum absolute atomic E-state index is 0.0841. The van der Waals surface area contributed by atoms with Crippen LogP contribution in [0.1, 0.15) is 19.4 Å². The third-order valence-corrected chi connectivity index (χ3v) is 3.84. The van der Waals surface area contributed by atoms with Crippen molar-refractivity contribution in [2.24, 2.45) is 5.92 Å². The van der Waals surface area contributed by atoms with Crippen LogP contribution in [0.25, 0.3) is 0 Å². The van der Waals surface area contributed by atoms with Gasteiger partial charge in [-0.25, -0.2) is 30.7 Å². The minimum Gasteiger partial charge on any atom is -0.211 e. The Hall–Kier alpha value is -1.15. The molecule has 1 aromatic carbocycles. The number of halogens is 4. The van der Waals surface area contributed by atoms with Gasteiger partial charge in [0, 0.05) is 12.1 Å². The number of benzene rings is 1. The number of sulfonamides is 1. The molecule has 0 aliphatic rings. The van der Waals surface area contributed by atoms with Crippen LogP contribution < -0.4 is 4.72 Å². The SMILES string of the molecule is Cc1c(F)c(F)c(F)c(S(=O)(=O)NCC(C)C)c1F. The first-order valence-corrected chi connectivity index (χ1v) is 6.90. The Kier molecular flexibility index (Phi) is 4.57. The zero-order chi connectivity index (χ0) is 15.0. The molecule has 3 nitrogen and oxygen atoms in total. The topological polar surface area (TPSA) is 46.2 Å². The van der Waals surface area contributed by atoms with Gasteiger partial charge in [0.1, 0.15) is 0 Å². The molecule has 0 amide bonds. The fraction of sp³-hybridized carbons (Fsp3) is 0.455. The summed E-state index contributed by atoms with van der Waals surface area (Å²) in [5.41, 5.74) is -0.885. The average molecular weight is 299 g/mol. The van der Waals surface area contributed by atoms with E-state index in [9.17, 15) is 26.0 Å². The third-order valence-electron chi connectivity index (χ3n) is 2.39. The van der Waals surface area contributed by atoms with E-state index in [1.54, 1.807) is 13.8 Å². The monoisotopic (exact) mass is 299 g/mol. The summed E-state index contributed by atoms with van der Waals surface area (Å²) >= 11 is 0. The van der Waals surface area contributed by atoms with E-state index in [1.165, 1.54) is 0 Å². The molecule has 8 heteroatoms. The van der Waals surface area contributed by atoms with Crippen LogP contribution >= 0.6 is 0 Å². The van der Waals surface area contributed by atoms with Gasteiger partial charge in [0.25, 0.3) is 0 Å². The molecule has 108 valence electrons. The van der Waals surface area contributed by atoms with Crippen molar-refractivity contribution in [2.75, 3.05) is 6.54 Å². The molecule has 0 unspecified atom stereocenters. The molecule has 0 aliphatic carbocycles. The van der Waals surface area contributed by atoms with Crippen molar-refractivity contribution in [3.63, 3.8) is 0 Å². The number of hydrogen-bond acceptors (Lipinski definition) is 2. The van der Waals surface area contributed by atoms with E-state index >= 15 is 0 Å². The van der Waals surface area contributed by atoms with Crippen molar-refractivity contribution in [3.05, 3.63) is 28.8 Å². The summed E-state index contributed by atoms with van der Waals surface area (Å²) in [6, 6.07) is 0. The molecule has 0 saturated heterocycles. The molecule has 0 aliphatic heterocycles. The fourth-order valence-electron chi connectivity index (χ4n) is 1.31. The molecule has 0 aromatic heterocycles. The number of nitrogens with one attached hydrogen (secondary N) is 1. The van der Waals surface area contributed by atoms with E-state index in [4.69, 9.17) is 0 Å². The quantitative estimate of drug-likeness (QED) is 0.527. The molecule has 0 bridgehead atoms. The lowest BCUT2D eigenvalue weighted by Gasteiger charge is -2.12. The Labute approximate surface area is 108 Å². The van der Waals surface area contributed by atoms with Crippen molar-refractivity contribution >= 4 is 10.0 Å². The number of rotatable bonds is 4. The van der Waals surface area contributed by atoms with Crippen molar-refractivity contribution in [1.82, 2.24) is 4.72 Å².